The summed E-state index contributed by atoms with van der Waals surface area (Å²) in [6.45, 7) is 6.56. The number of rotatable bonds is 4. The summed E-state index contributed by atoms with van der Waals surface area (Å²) in [4.78, 5) is 0. The summed E-state index contributed by atoms with van der Waals surface area (Å²) in [5.41, 5.74) is 0. The van der Waals surface area contributed by atoms with Gasteiger partial charge in [-0.1, -0.05) is 6.92 Å². The maximum absolute atomic E-state index is 5.21. The van der Waals surface area contributed by atoms with E-state index in [0.717, 1.165) is 12.0 Å². The van der Waals surface area contributed by atoms with Gasteiger partial charge in [0.1, 0.15) is 0 Å². The van der Waals surface area contributed by atoms with Gasteiger partial charge in [-0.25, -0.2) is 0 Å². The van der Waals surface area contributed by atoms with Gasteiger partial charge in [-0.2, -0.15) is 0 Å². The molecule has 2 heteroatoms. The smallest absolute Gasteiger partial charge is 0.0693 e. The van der Waals surface area contributed by atoms with Crippen LogP contribution in [0.4, 0.5) is 0 Å². The lowest BCUT2D eigenvalue weighted by atomic mass is 10.2. The molecule has 11 heavy (non-hydrogen) atoms. The van der Waals surface area contributed by atoms with Crippen molar-refractivity contribution >= 4 is 0 Å². The predicted molar refractivity (Wildman–Crippen MR) is 46.6 cm³/mol. The first kappa shape index (κ1) is 9.01. The molecule has 0 aliphatic heterocycles. The van der Waals surface area contributed by atoms with Crippen LogP contribution in [0.2, 0.25) is 0 Å². The molecule has 0 bridgehead atoms. The molecular weight excluding hydrogens is 138 g/mol. The molecule has 0 aromatic carbocycles. The van der Waals surface area contributed by atoms with Gasteiger partial charge in [0.05, 0.1) is 6.10 Å². The zero-order valence-corrected chi connectivity index (χ0v) is 7.92. The fourth-order valence-corrected chi connectivity index (χ4v) is 1.23. The van der Waals surface area contributed by atoms with Crippen LogP contribution >= 0.6 is 0 Å². The van der Waals surface area contributed by atoms with Gasteiger partial charge in [0.25, 0.3) is 0 Å². The van der Waals surface area contributed by atoms with E-state index in [-0.39, 0.29) is 0 Å². The molecule has 1 saturated carbocycles. The van der Waals surface area contributed by atoms with Crippen molar-refractivity contribution in [3.8, 4) is 0 Å². The maximum atomic E-state index is 5.21. The predicted octanol–water partition coefficient (Wildman–Crippen LogP) is 1.41. The van der Waals surface area contributed by atoms with Crippen LogP contribution in [0, 0.1) is 5.92 Å². The molecule has 0 spiro atoms. The summed E-state index contributed by atoms with van der Waals surface area (Å²) >= 11 is 0. The molecule has 1 rings (SSSR count). The molecule has 4 atom stereocenters. The molecule has 0 radical (unpaired) electrons. The highest BCUT2D eigenvalue weighted by atomic mass is 16.5. The Balaban J connectivity index is 2.15. The monoisotopic (exact) mass is 157 g/mol. The van der Waals surface area contributed by atoms with Crippen molar-refractivity contribution in [2.45, 2.75) is 45.4 Å². The van der Waals surface area contributed by atoms with Gasteiger partial charge < -0.3 is 10.1 Å². The minimum atomic E-state index is 0.322. The Morgan fingerprint density at radius 3 is 2.36 bits per heavy atom. The van der Waals surface area contributed by atoms with Gasteiger partial charge in [-0.15, -0.1) is 0 Å². The highest BCUT2D eigenvalue weighted by Crippen LogP contribution is 2.29. The van der Waals surface area contributed by atoms with E-state index < -0.39 is 0 Å². The SMILES string of the molecule is COC(C)C(C)N[C@@H]1C[C@H]1C. The molecule has 1 N–H and O–H groups in total. The second-order valence-corrected chi connectivity index (χ2v) is 3.72. The highest BCUT2D eigenvalue weighted by molar-refractivity contribution is 4.92. The molecule has 0 heterocycles. The molecule has 1 aliphatic rings. The molecule has 1 fully saturated rings. The summed E-state index contributed by atoms with van der Waals surface area (Å²) in [6, 6.07) is 1.23. The summed E-state index contributed by atoms with van der Waals surface area (Å²) < 4.78 is 5.21. The van der Waals surface area contributed by atoms with Crippen LogP contribution in [-0.2, 0) is 4.74 Å². The third-order valence-corrected chi connectivity index (χ3v) is 2.66. The Kier molecular flexibility index (Phi) is 2.90. The summed E-state index contributed by atoms with van der Waals surface area (Å²) in [7, 11) is 1.76. The molecule has 0 aromatic heterocycles. The molecule has 2 unspecified atom stereocenters. The zero-order valence-electron chi connectivity index (χ0n) is 7.92. The average Bonchev–Trinajstić information content (AvgIpc) is 2.65. The van der Waals surface area contributed by atoms with Crippen molar-refractivity contribution in [2.24, 2.45) is 5.92 Å². The lowest BCUT2D eigenvalue weighted by Gasteiger charge is -2.19. The Morgan fingerprint density at radius 2 is 2.00 bits per heavy atom. The third kappa shape index (κ3) is 2.46. The van der Waals surface area contributed by atoms with Gasteiger partial charge in [0.2, 0.25) is 0 Å². The van der Waals surface area contributed by atoms with Gasteiger partial charge >= 0.3 is 0 Å². The lowest BCUT2D eigenvalue weighted by Crippen LogP contribution is -2.38. The number of methoxy groups -OCH3 is 1. The van der Waals surface area contributed by atoms with Crippen molar-refractivity contribution < 1.29 is 4.74 Å². The number of nitrogens with one attached hydrogen (secondary N) is 1. The van der Waals surface area contributed by atoms with E-state index in [2.05, 4.69) is 26.1 Å². The topological polar surface area (TPSA) is 21.3 Å². The van der Waals surface area contributed by atoms with Crippen LogP contribution in [0.25, 0.3) is 0 Å². The molecule has 1 aliphatic carbocycles. The van der Waals surface area contributed by atoms with Crippen LogP contribution in [0.3, 0.4) is 0 Å². The van der Waals surface area contributed by atoms with Crippen LogP contribution in [-0.4, -0.2) is 25.3 Å². The van der Waals surface area contributed by atoms with Crippen molar-refractivity contribution in [3.63, 3.8) is 0 Å². The van der Waals surface area contributed by atoms with E-state index >= 15 is 0 Å². The average molecular weight is 157 g/mol. The molecule has 0 aromatic rings. The minimum Gasteiger partial charge on any atom is -0.380 e. The number of hydrogen-bond donors (Lipinski definition) is 1. The van der Waals surface area contributed by atoms with E-state index in [1.165, 1.54) is 6.42 Å². The van der Waals surface area contributed by atoms with E-state index in [4.69, 9.17) is 4.74 Å². The Labute approximate surface area is 69.3 Å². The first-order chi connectivity index (χ1) is 5.15. The fourth-order valence-electron chi connectivity index (χ4n) is 1.23. The zero-order chi connectivity index (χ0) is 8.43. The number of hydrogen-bond acceptors (Lipinski definition) is 2. The lowest BCUT2D eigenvalue weighted by molar-refractivity contribution is 0.0877. The standard InChI is InChI=1S/C9H19NO/c1-6-5-9(6)10-7(2)8(3)11-4/h6-10H,5H2,1-4H3/t6-,7?,8?,9-/m1/s1. The van der Waals surface area contributed by atoms with E-state index in [1.807, 2.05) is 0 Å². The first-order valence-electron chi connectivity index (χ1n) is 4.44. The van der Waals surface area contributed by atoms with Crippen molar-refractivity contribution in [1.82, 2.24) is 5.32 Å². The van der Waals surface area contributed by atoms with Crippen molar-refractivity contribution in [3.05, 3.63) is 0 Å². The first-order valence-corrected chi connectivity index (χ1v) is 4.44. The van der Waals surface area contributed by atoms with E-state index in [0.29, 0.717) is 12.1 Å². The Hall–Kier alpha value is -0.0800. The third-order valence-electron chi connectivity index (χ3n) is 2.66. The van der Waals surface area contributed by atoms with Crippen LogP contribution in [0.5, 0.6) is 0 Å². The van der Waals surface area contributed by atoms with Gasteiger partial charge in [-0.05, 0) is 26.2 Å². The largest absolute Gasteiger partial charge is 0.380 e. The molecule has 66 valence electrons. The van der Waals surface area contributed by atoms with Crippen molar-refractivity contribution in [1.29, 1.82) is 0 Å². The summed E-state index contributed by atoms with van der Waals surface area (Å²) in [6.07, 6.45) is 1.66. The molecule has 0 amide bonds. The summed E-state index contributed by atoms with van der Waals surface area (Å²) in [5, 5.41) is 3.53. The van der Waals surface area contributed by atoms with Gasteiger partial charge in [0.15, 0.2) is 0 Å². The Bertz CT molecular complexity index is 127. The quantitative estimate of drug-likeness (QED) is 0.666. The van der Waals surface area contributed by atoms with Crippen LogP contribution in [0.15, 0.2) is 0 Å². The van der Waals surface area contributed by atoms with Crippen LogP contribution < -0.4 is 5.32 Å². The van der Waals surface area contributed by atoms with E-state index in [9.17, 15) is 0 Å². The van der Waals surface area contributed by atoms with Crippen molar-refractivity contribution in [2.75, 3.05) is 7.11 Å². The second-order valence-electron chi connectivity index (χ2n) is 3.72. The van der Waals surface area contributed by atoms with Gasteiger partial charge in [0, 0.05) is 19.2 Å². The molecule has 2 nitrogen and oxygen atoms in total. The van der Waals surface area contributed by atoms with Crippen LogP contribution in [0.1, 0.15) is 27.2 Å². The number of ether oxygens (including phenoxy) is 1. The Morgan fingerprint density at radius 1 is 1.45 bits per heavy atom. The fraction of sp³-hybridized carbons (Fsp3) is 1.00. The summed E-state index contributed by atoms with van der Waals surface area (Å²) in [5.74, 6) is 0.876. The van der Waals surface area contributed by atoms with E-state index in [1.54, 1.807) is 7.11 Å². The molecular formula is C9H19NO. The van der Waals surface area contributed by atoms with Gasteiger partial charge in [-0.3, -0.25) is 0 Å². The normalized spacial score (nSPS) is 34.9. The molecule has 0 saturated heterocycles. The second kappa shape index (κ2) is 3.55. The maximum Gasteiger partial charge on any atom is 0.0693 e. The minimum absolute atomic E-state index is 0.322. The highest BCUT2D eigenvalue weighted by Gasteiger charge is 2.33.